The Morgan fingerprint density at radius 1 is 1.35 bits per heavy atom. The molecule has 0 saturated carbocycles. The Labute approximate surface area is 150 Å². The predicted octanol–water partition coefficient (Wildman–Crippen LogP) is 3.17. The van der Waals surface area contributed by atoms with Gasteiger partial charge in [0.05, 0.1) is 0 Å². The molecule has 1 radical (unpaired) electrons. The van der Waals surface area contributed by atoms with Crippen LogP contribution in [0.2, 0.25) is 0 Å². The van der Waals surface area contributed by atoms with E-state index in [1.54, 1.807) is 16.7 Å². The van der Waals surface area contributed by atoms with Crippen LogP contribution in [0.5, 0.6) is 5.75 Å². The Balaban J connectivity index is 0.00000200. The van der Waals surface area contributed by atoms with Crippen LogP contribution in [0, 0.1) is 6.08 Å². The first kappa shape index (κ1) is 17.7. The first-order valence-electron chi connectivity index (χ1n) is 6.39. The molecular formula is C15H18NO2SY-. The first-order valence-corrected chi connectivity index (χ1v) is 7.79. The molecule has 1 aliphatic rings. The fraction of sp³-hybridized carbons (Fsp3) is 0.400. The number of ether oxygens (including phenoxy) is 1. The van der Waals surface area contributed by atoms with E-state index in [1.165, 1.54) is 0 Å². The molecule has 105 valence electrons. The van der Waals surface area contributed by atoms with Crippen molar-refractivity contribution in [2.24, 2.45) is 0 Å². The molecule has 0 bridgehead atoms. The van der Waals surface area contributed by atoms with Gasteiger partial charge in [-0.25, -0.2) is 6.08 Å². The van der Waals surface area contributed by atoms with Crippen molar-refractivity contribution in [3.05, 3.63) is 35.9 Å². The molecule has 20 heavy (non-hydrogen) atoms. The Kier molecular flexibility index (Phi) is 7.85. The molecule has 5 heteroatoms. The Morgan fingerprint density at radius 3 is 2.65 bits per heavy atom. The zero-order valence-corrected chi connectivity index (χ0v) is 15.5. The summed E-state index contributed by atoms with van der Waals surface area (Å²) in [5.41, 5.74) is 1.92. The molecular weight excluding hydrogens is 347 g/mol. The molecule has 1 heterocycles. The maximum Gasteiger partial charge on any atom is 0.223 e. The SMILES string of the molecule is CCN1C(=O)CC[C-]=C1c1ccc(OCSC)cc1.[Y]. The summed E-state index contributed by atoms with van der Waals surface area (Å²) in [4.78, 5) is 13.6. The van der Waals surface area contributed by atoms with Crippen LogP contribution in [-0.2, 0) is 37.5 Å². The molecule has 0 aliphatic carbocycles. The van der Waals surface area contributed by atoms with Gasteiger partial charge in [0.15, 0.2) is 0 Å². The van der Waals surface area contributed by atoms with Gasteiger partial charge in [-0.3, -0.25) is 4.79 Å². The second kappa shape index (κ2) is 8.86. The summed E-state index contributed by atoms with van der Waals surface area (Å²) in [7, 11) is 0. The molecule has 1 aromatic rings. The van der Waals surface area contributed by atoms with Crippen molar-refractivity contribution in [1.29, 1.82) is 0 Å². The number of benzene rings is 1. The number of carbonyl (C=O) groups excluding carboxylic acids is 1. The molecule has 0 atom stereocenters. The van der Waals surface area contributed by atoms with Crippen molar-refractivity contribution in [3.63, 3.8) is 0 Å². The number of carbonyl (C=O) groups is 1. The molecule has 3 nitrogen and oxygen atoms in total. The summed E-state index contributed by atoms with van der Waals surface area (Å²) in [5.74, 6) is 1.68. The van der Waals surface area contributed by atoms with Crippen LogP contribution in [0.1, 0.15) is 25.3 Å². The van der Waals surface area contributed by atoms with Crippen molar-refractivity contribution in [2.45, 2.75) is 19.8 Å². The van der Waals surface area contributed by atoms with Gasteiger partial charge in [0, 0.05) is 45.7 Å². The van der Waals surface area contributed by atoms with E-state index in [4.69, 9.17) is 4.74 Å². The Hall–Kier alpha value is -0.316. The van der Waals surface area contributed by atoms with Crippen LogP contribution in [0.25, 0.3) is 5.70 Å². The second-order valence-electron chi connectivity index (χ2n) is 4.24. The number of nitrogens with zero attached hydrogens (tertiary/aromatic N) is 1. The second-order valence-corrected chi connectivity index (χ2v) is 5.05. The van der Waals surface area contributed by atoms with Gasteiger partial charge in [-0.2, -0.15) is 5.56 Å². The zero-order chi connectivity index (χ0) is 13.7. The Morgan fingerprint density at radius 2 is 2.05 bits per heavy atom. The van der Waals surface area contributed by atoms with E-state index in [1.807, 2.05) is 37.4 Å². The van der Waals surface area contributed by atoms with Crippen LogP contribution < -0.4 is 4.74 Å². The van der Waals surface area contributed by atoms with Crippen molar-refractivity contribution < 1.29 is 42.2 Å². The smallest absolute Gasteiger partial charge is 0.223 e. The molecule has 1 aliphatic heterocycles. The molecule has 0 N–H and O–H groups in total. The van der Waals surface area contributed by atoms with Crippen molar-refractivity contribution >= 4 is 23.4 Å². The largest absolute Gasteiger partial charge is 0.483 e. The fourth-order valence-electron chi connectivity index (χ4n) is 2.07. The number of hydrogen-bond donors (Lipinski definition) is 0. The van der Waals surface area contributed by atoms with Crippen LogP contribution in [0.15, 0.2) is 24.3 Å². The minimum Gasteiger partial charge on any atom is -0.483 e. The zero-order valence-electron chi connectivity index (χ0n) is 11.9. The summed E-state index contributed by atoms with van der Waals surface area (Å²) >= 11 is 1.64. The van der Waals surface area contributed by atoms with Crippen LogP contribution in [-0.4, -0.2) is 29.5 Å². The molecule has 1 amide bonds. The van der Waals surface area contributed by atoms with Gasteiger partial charge in [-0.15, -0.1) is 36.0 Å². The van der Waals surface area contributed by atoms with Crippen molar-refractivity contribution in [1.82, 2.24) is 4.90 Å². The van der Waals surface area contributed by atoms with Gasteiger partial charge >= 0.3 is 0 Å². The molecule has 0 aromatic heterocycles. The summed E-state index contributed by atoms with van der Waals surface area (Å²) in [6.07, 6.45) is 6.57. The first-order chi connectivity index (χ1) is 9.26. The number of allylic oxidation sites excluding steroid dienone is 1. The third-order valence-corrected chi connectivity index (χ3v) is 3.34. The van der Waals surface area contributed by atoms with E-state index < -0.39 is 0 Å². The van der Waals surface area contributed by atoms with Crippen LogP contribution in [0.4, 0.5) is 0 Å². The maximum absolute atomic E-state index is 11.9. The summed E-state index contributed by atoms with van der Waals surface area (Å²) in [5, 5.41) is 0. The van der Waals surface area contributed by atoms with E-state index in [0.29, 0.717) is 25.3 Å². The number of amides is 1. The number of rotatable bonds is 5. The normalized spacial score (nSPS) is 14.6. The number of thioether (sulfide) groups is 1. The standard InChI is InChI=1S/C15H18NO2S.Y/c1-3-16-14(5-4-6-15(16)17)12-7-9-13(10-8-12)18-11-19-2;/h7-10H,3-4,6,11H2,1-2H3;/q-1;. The van der Waals surface area contributed by atoms with E-state index in [2.05, 4.69) is 6.08 Å². The Bertz CT molecular complexity index is 473. The number of hydrogen-bond acceptors (Lipinski definition) is 3. The average molecular weight is 365 g/mol. The van der Waals surface area contributed by atoms with Gasteiger partial charge in [0.1, 0.15) is 11.7 Å². The molecule has 0 unspecified atom stereocenters. The third-order valence-electron chi connectivity index (χ3n) is 2.99. The van der Waals surface area contributed by atoms with Crippen molar-refractivity contribution in [2.75, 3.05) is 18.7 Å². The molecule has 0 saturated heterocycles. The third kappa shape index (κ3) is 4.34. The maximum atomic E-state index is 11.9. The fourth-order valence-corrected chi connectivity index (χ4v) is 2.33. The monoisotopic (exact) mass is 365 g/mol. The molecule has 0 fully saturated rings. The van der Waals surface area contributed by atoms with Crippen LogP contribution >= 0.6 is 11.8 Å². The molecule has 1 aromatic carbocycles. The molecule has 0 spiro atoms. The van der Waals surface area contributed by atoms with Crippen molar-refractivity contribution in [3.8, 4) is 5.75 Å². The van der Waals surface area contributed by atoms with Gasteiger partial charge in [-0.1, -0.05) is 0 Å². The van der Waals surface area contributed by atoms with Crippen LogP contribution in [0.3, 0.4) is 0 Å². The van der Waals surface area contributed by atoms with Gasteiger partial charge < -0.3 is 9.64 Å². The summed E-state index contributed by atoms with van der Waals surface area (Å²) < 4.78 is 5.52. The average Bonchev–Trinajstić information content (AvgIpc) is 2.45. The van der Waals surface area contributed by atoms with Gasteiger partial charge in [0.25, 0.3) is 0 Å². The minimum atomic E-state index is 0. The van der Waals surface area contributed by atoms with Gasteiger partial charge in [-0.05, 0) is 25.3 Å². The quantitative estimate of drug-likeness (QED) is 0.593. The minimum absolute atomic E-state index is 0. The molecule has 2 rings (SSSR count). The van der Waals surface area contributed by atoms with Gasteiger partial charge in [0.2, 0.25) is 5.91 Å². The van der Waals surface area contributed by atoms with E-state index in [0.717, 1.165) is 17.0 Å². The van der Waals surface area contributed by atoms with E-state index in [9.17, 15) is 4.79 Å². The summed E-state index contributed by atoms with van der Waals surface area (Å²) in [6, 6.07) is 7.85. The topological polar surface area (TPSA) is 29.5 Å². The summed E-state index contributed by atoms with van der Waals surface area (Å²) in [6.45, 7) is 2.67. The van der Waals surface area contributed by atoms with E-state index in [-0.39, 0.29) is 38.6 Å². The van der Waals surface area contributed by atoms with E-state index >= 15 is 0 Å². The predicted molar refractivity (Wildman–Crippen MR) is 78.7 cm³/mol.